The molecule has 10 heteroatoms. The van der Waals surface area contributed by atoms with Crippen molar-refractivity contribution in [3.05, 3.63) is 65.7 Å². The number of hydrogen-bond acceptors (Lipinski definition) is 3. The van der Waals surface area contributed by atoms with Gasteiger partial charge in [-0.25, -0.2) is 8.78 Å². The first-order valence-corrected chi connectivity index (χ1v) is 13.2. The maximum Gasteiger partial charge on any atom is 0.310 e. The Bertz CT molecular complexity index is 1080. The van der Waals surface area contributed by atoms with Crippen LogP contribution in [0, 0.1) is 11.2 Å². The van der Waals surface area contributed by atoms with E-state index in [2.05, 4.69) is 20.6 Å². The number of carbonyl (C=O) groups is 2. The van der Waals surface area contributed by atoms with Crippen molar-refractivity contribution in [1.29, 1.82) is 0 Å². The third-order valence-corrected chi connectivity index (χ3v) is 7.55. The number of carboxylic acid groups (broad SMARTS) is 1. The minimum atomic E-state index is -2.98. The van der Waals surface area contributed by atoms with E-state index < -0.39 is 29.3 Å². The van der Waals surface area contributed by atoms with Gasteiger partial charge in [0.2, 0.25) is 5.91 Å². The van der Waals surface area contributed by atoms with Gasteiger partial charge in [0.15, 0.2) is 0 Å². The van der Waals surface area contributed by atoms with Gasteiger partial charge in [0.25, 0.3) is 5.92 Å². The smallest absolute Gasteiger partial charge is 0.310 e. The van der Waals surface area contributed by atoms with Crippen molar-refractivity contribution in [2.45, 2.75) is 56.9 Å². The number of benzene rings is 2. The van der Waals surface area contributed by atoms with E-state index in [1.165, 1.54) is 12.1 Å². The zero-order valence-electron chi connectivity index (χ0n) is 21.3. The van der Waals surface area contributed by atoms with E-state index in [1.54, 1.807) is 52.4 Å². The van der Waals surface area contributed by atoms with Gasteiger partial charge < -0.3 is 15.3 Å². The molecule has 1 aliphatic heterocycles. The van der Waals surface area contributed by atoms with E-state index in [-0.39, 0.29) is 37.9 Å². The fraction of sp³-hybridized carbons (Fsp3) is 0.464. The molecule has 2 aromatic carbocycles. The zero-order valence-corrected chi connectivity index (χ0v) is 22.3. The van der Waals surface area contributed by atoms with Crippen LogP contribution in [0.25, 0.3) is 5.32 Å². The normalized spacial score (nSPS) is 19.9. The molecule has 209 valence electrons. The van der Waals surface area contributed by atoms with Crippen LogP contribution in [-0.4, -0.2) is 54.2 Å². The number of nitrogens with zero attached hydrogens (tertiary/aromatic N) is 3. The Balaban J connectivity index is 0.000000304. The Hall–Kier alpha value is -2.69. The summed E-state index contributed by atoms with van der Waals surface area (Å²) in [5, 5.41) is 15.5. The van der Waals surface area contributed by atoms with Crippen LogP contribution in [0.2, 0.25) is 0 Å². The Kier molecular flexibility index (Phi) is 10.5. The van der Waals surface area contributed by atoms with E-state index in [9.17, 15) is 27.9 Å². The number of hydrogen-bond donors (Lipinski definition) is 1. The van der Waals surface area contributed by atoms with Crippen molar-refractivity contribution in [2.75, 3.05) is 29.9 Å². The average molecular weight is 576 g/mol. The summed E-state index contributed by atoms with van der Waals surface area (Å²) in [4.78, 5) is 28.1. The Morgan fingerprint density at radius 3 is 2.21 bits per heavy atom. The number of carbonyl (C=O) groups excluding carboxylic acids is 1. The Labute approximate surface area is 229 Å². The van der Waals surface area contributed by atoms with Gasteiger partial charge in [0.05, 0.1) is 5.41 Å². The molecule has 1 N–H and O–H groups in total. The number of piperidine rings is 1. The van der Waals surface area contributed by atoms with Crippen LogP contribution in [0.4, 0.5) is 24.5 Å². The molecule has 1 heterocycles. The van der Waals surface area contributed by atoms with E-state index in [0.29, 0.717) is 31.6 Å². The Morgan fingerprint density at radius 2 is 1.66 bits per heavy atom. The summed E-state index contributed by atoms with van der Waals surface area (Å²) in [6.45, 7) is 0.759. The molecule has 1 saturated carbocycles. The van der Waals surface area contributed by atoms with Crippen LogP contribution < -0.4 is 9.80 Å². The predicted molar refractivity (Wildman–Crippen MR) is 139 cm³/mol. The maximum atomic E-state index is 14.7. The largest absolute Gasteiger partial charge is 0.662 e. The molecule has 0 spiro atoms. The summed E-state index contributed by atoms with van der Waals surface area (Å²) in [5.41, 5.74) is 0.0881. The molecule has 1 aliphatic carbocycles. The average Bonchev–Trinajstić information content (AvgIpc) is 2.91. The third-order valence-electron chi connectivity index (χ3n) is 7.14. The van der Waals surface area contributed by atoms with Gasteiger partial charge >= 0.3 is 78.5 Å². The zero-order chi connectivity index (χ0) is 27.8. The van der Waals surface area contributed by atoms with Crippen LogP contribution in [0.15, 0.2) is 54.6 Å². The molecule has 6 nitrogen and oxygen atoms in total. The fourth-order valence-electron chi connectivity index (χ4n) is 4.87. The van der Waals surface area contributed by atoms with Crippen LogP contribution in [0.3, 0.4) is 0 Å². The van der Waals surface area contributed by atoms with Gasteiger partial charge in [-0.05, 0) is 25.0 Å². The number of carboxylic acids is 1. The summed E-state index contributed by atoms with van der Waals surface area (Å²) in [7, 11) is 1.85. The third kappa shape index (κ3) is 7.45. The number of aliphatic carboxylic acids is 1. The molecule has 0 bridgehead atoms. The van der Waals surface area contributed by atoms with Crippen molar-refractivity contribution in [3.63, 3.8) is 0 Å². The van der Waals surface area contributed by atoms with Crippen LogP contribution >= 0.6 is 0 Å². The predicted octanol–water partition coefficient (Wildman–Crippen LogP) is 5.79. The van der Waals surface area contributed by atoms with Crippen molar-refractivity contribution in [2.24, 2.45) is 5.41 Å². The minimum Gasteiger partial charge on any atom is -0.662 e. The molecule has 0 aromatic heterocycles. The van der Waals surface area contributed by atoms with Crippen LogP contribution in [0.5, 0.6) is 0 Å². The molecule has 4 rings (SSSR count). The molecule has 1 amide bonds. The van der Waals surface area contributed by atoms with E-state index >= 15 is 0 Å². The van der Waals surface area contributed by atoms with E-state index in [1.807, 2.05) is 7.05 Å². The van der Waals surface area contributed by atoms with E-state index in [0.717, 1.165) is 10.6 Å². The van der Waals surface area contributed by atoms with Crippen LogP contribution in [-0.2, 0) is 24.9 Å². The molecule has 1 unspecified atom stereocenters. The number of halogens is 3. The fourth-order valence-corrected chi connectivity index (χ4v) is 5.03. The molecule has 38 heavy (non-hydrogen) atoms. The summed E-state index contributed by atoms with van der Waals surface area (Å²) in [6, 6.07) is 13.4. The first kappa shape index (κ1) is 29.9. The van der Waals surface area contributed by atoms with Crippen LogP contribution in [0.1, 0.15) is 44.9 Å². The molecule has 2 aliphatic rings. The molecular formula is C28H33CoF3N3O3-. The second-order valence-corrected chi connectivity index (χ2v) is 10.00. The Morgan fingerprint density at radius 1 is 1.03 bits per heavy atom. The van der Waals surface area contributed by atoms with Gasteiger partial charge in [-0.15, -0.1) is 13.1 Å². The minimum absolute atomic E-state index is 0.211. The van der Waals surface area contributed by atoms with Crippen molar-refractivity contribution in [1.82, 2.24) is 0 Å². The number of anilines is 2. The first-order chi connectivity index (χ1) is 18.1. The molecule has 2 aromatic rings. The molecule has 1 saturated heterocycles. The van der Waals surface area contributed by atoms with Gasteiger partial charge in [-0.2, -0.15) is 0 Å². The monoisotopic (exact) mass is 575 g/mol. The SMILES string of the molecule is CN([CH]=[Co])c1ccc(F)cc1.O=C(CC1(C(=O)O)CC[N-]CC1)N(c1ccccc1)C1CCCCC1(F)F. The van der Waals surface area contributed by atoms with E-state index in [4.69, 9.17) is 0 Å². The standard InChI is InChI=1S/C20H25F2N2O3.C8H8FN.Co/c21-20(22)9-5-4-8-16(20)24(15-6-2-1-3-7-15)17(25)14-19(18(26)27)10-12-23-13-11-19;1-10(2)8-5-3-7(9)4-6-8;/h1-3,6-7,16H,4-5,8-14H2,(H,26,27);1,3-6H,2H3;/q-1;;. The molecule has 0 radical (unpaired) electrons. The van der Waals surface area contributed by atoms with Gasteiger partial charge in [0, 0.05) is 18.5 Å². The van der Waals surface area contributed by atoms with Crippen molar-refractivity contribution in [3.8, 4) is 0 Å². The second-order valence-electron chi connectivity index (χ2n) is 9.73. The molecule has 2 fully saturated rings. The second kappa shape index (κ2) is 13.4. The van der Waals surface area contributed by atoms with Crippen molar-refractivity contribution >= 4 is 28.3 Å². The summed E-state index contributed by atoms with van der Waals surface area (Å²) >= 11 is 4.01. The van der Waals surface area contributed by atoms with Gasteiger partial charge in [0.1, 0.15) is 6.04 Å². The topological polar surface area (TPSA) is 75.0 Å². The van der Waals surface area contributed by atoms with Crippen molar-refractivity contribution < 1.29 is 43.2 Å². The number of rotatable bonds is 7. The summed E-state index contributed by atoms with van der Waals surface area (Å²) in [6.07, 6.45) is 1.26. The summed E-state index contributed by atoms with van der Waals surface area (Å²) < 4.78 is 41.8. The molecule has 1 atom stereocenters. The first-order valence-electron chi connectivity index (χ1n) is 12.6. The number of amides is 1. The summed E-state index contributed by atoms with van der Waals surface area (Å²) in [5.74, 6) is -4.80. The van der Waals surface area contributed by atoms with Gasteiger partial charge in [-0.1, -0.05) is 37.5 Å². The van der Waals surface area contributed by atoms with Gasteiger partial charge in [-0.3, -0.25) is 9.59 Å². The molecular weight excluding hydrogens is 542 g/mol. The maximum absolute atomic E-state index is 14.7. The number of alkyl halides is 2. The number of para-hydroxylation sites is 1. The quantitative estimate of drug-likeness (QED) is 0.454.